The van der Waals surface area contributed by atoms with Gasteiger partial charge in [0.1, 0.15) is 11.5 Å². The van der Waals surface area contributed by atoms with Gasteiger partial charge in [-0.05, 0) is 37.6 Å². The maximum absolute atomic E-state index is 11.5. The first-order chi connectivity index (χ1) is 12.5. The van der Waals surface area contributed by atoms with Crippen LogP contribution in [0.4, 0.5) is 10.6 Å². The maximum Gasteiger partial charge on any atom is 0.407 e. The number of nitrogens with one attached hydrogen (secondary N) is 1. The Morgan fingerprint density at radius 3 is 2.81 bits per heavy atom. The first kappa shape index (κ1) is 17.9. The highest BCUT2D eigenvalue weighted by Gasteiger charge is 2.12. The van der Waals surface area contributed by atoms with Crippen LogP contribution < -0.4 is 5.32 Å². The van der Waals surface area contributed by atoms with Crippen LogP contribution in [0.2, 0.25) is 0 Å². The van der Waals surface area contributed by atoms with Crippen LogP contribution in [0.1, 0.15) is 23.0 Å². The highest BCUT2D eigenvalue weighted by atomic mass is 32.1. The first-order valence-corrected chi connectivity index (χ1v) is 8.91. The van der Waals surface area contributed by atoms with Gasteiger partial charge in [0.2, 0.25) is 0 Å². The molecule has 0 fully saturated rings. The average molecular weight is 373 g/mol. The Morgan fingerprint density at radius 1 is 1.31 bits per heavy atom. The number of Topliss-reactive ketones (excluding diaryl/α,β-unsaturated/α-hetero) is 1. The minimum Gasteiger partial charge on any atom is -0.465 e. The van der Waals surface area contributed by atoms with Crippen LogP contribution in [0.15, 0.2) is 30.5 Å². The van der Waals surface area contributed by atoms with Gasteiger partial charge in [-0.15, -0.1) is 16.4 Å². The number of ketones is 1. The third-order valence-electron chi connectivity index (χ3n) is 3.87. The van der Waals surface area contributed by atoms with E-state index in [0.717, 1.165) is 10.6 Å². The molecule has 0 saturated heterocycles. The fourth-order valence-corrected chi connectivity index (χ4v) is 3.33. The first-order valence-electron chi connectivity index (χ1n) is 8.09. The number of carbonyl (C=O) groups is 2. The van der Waals surface area contributed by atoms with Gasteiger partial charge in [-0.3, -0.25) is 4.79 Å². The van der Waals surface area contributed by atoms with Crippen molar-refractivity contribution in [1.29, 1.82) is 0 Å². The van der Waals surface area contributed by atoms with Crippen molar-refractivity contribution in [2.75, 3.05) is 25.5 Å². The molecular formula is C17H19N5O3S. The lowest BCUT2D eigenvalue weighted by molar-refractivity contribution is 0.102. The van der Waals surface area contributed by atoms with Gasteiger partial charge in [-0.1, -0.05) is 0 Å². The highest BCUT2D eigenvalue weighted by molar-refractivity contribution is 7.17. The molecule has 0 atom stereocenters. The Balaban J connectivity index is 1.73. The number of hydrogen-bond acceptors (Lipinski definition) is 6. The van der Waals surface area contributed by atoms with E-state index in [-0.39, 0.29) is 5.78 Å². The van der Waals surface area contributed by atoms with Crippen LogP contribution in [0.25, 0.3) is 16.2 Å². The molecule has 0 radical (unpaired) electrons. The fourth-order valence-electron chi connectivity index (χ4n) is 2.43. The van der Waals surface area contributed by atoms with E-state index in [2.05, 4.69) is 15.4 Å². The van der Waals surface area contributed by atoms with Crippen LogP contribution >= 0.6 is 11.3 Å². The Kier molecular flexibility index (Phi) is 5.17. The van der Waals surface area contributed by atoms with Gasteiger partial charge in [0.15, 0.2) is 11.4 Å². The number of aromatic nitrogens is 3. The van der Waals surface area contributed by atoms with Crippen molar-refractivity contribution >= 4 is 34.7 Å². The second kappa shape index (κ2) is 7.52. The normalized spacial score (nSPS) is 10.8. The van der Waals surface area contributed by atoms with Gasteiger partial charge < -0.3 is 15.3 Å². The molecule has 3 rings (SSSR count). The summed E-state index contributed by atoms with van der Waals surface area (Å²) < 4.78 is 1.74. The summed E-state index contributed by atoms with van der Waals surface area (Å²) in [5, 5.41) is 16.6. The van der Waals surface area contributed by atoms with Gasteiger partial charge in [0.25, 0.3) is 0 Å². The van der Waals surface area contributed by atoms with E-state index in [1.54, 1.807) is 24.7 Å². The molecule has 0 aliphatic carbocycles. The minimum atomic E-state index is -0.937. The number of nitrogens with zero attached hydrogens (tertiary/aromatic N) is 4. The Labute approximate surface area is 154 Å². The summed E-state index contributed by atoms with van der Waals surface area (Å²) in [6.45, 7) is 2.60. The summed E-state index contributed by atoms with van der Waals surface area (Å²) in [7, 11) is 1.54. The summed E-state index contributed by atoms with van der Waals surface area (Å²) in [5.74, 6) is 0.717. The maximum atomic E-state index is 11.5. The monoisotopic (exact) mass is 373 g/mol. The lowest BCUT2D eigenvalue weighted by Crippen LogP contribution is -2.27. The fraction of sp³-hybridized carbons (Fsp3) is 0.294. The zero-order valence-corrected chi connectivity index (χ0v) is 15.3. The molecule has 26 heavy (non-hydrogen) atoms. The third-order valence-corrected chi connectivity index (χ3v) is 5.08. The van der Waals surface area contributed by atoms with Crippen LogP contribution in [0, 0.1) is 0 Å². The molecule has 2 N–H and O–H groups in total. The van der Waals surface area contributed by atoms with Crippen molar-refractivity contribution < 1.29 is 14.7 Å². The van der Waals surface area contributed by atoms with Crippen molar-refractivity contribution in [3.05, 3.63) is 35.3 Å². The number of rotatable bonds is 7. The molecule has 8 nitrogen and oxygen atoms in total. The lowest BCUT2D eigenvalue weighted by atomic mass is 10.3. The Bertz CT molecular complexity index is 949. The summed E-state index contributed by atoms with van der Waals surface area (Å²) in [6.07, 6.45) is 1.48. The minimum absolute atomic E-state index is 0.0386. The topological polar surface area (TPSA) is 99.8 Å². The van der Waals surface area contributed by atoms with Crippen molar-refractivity contribution in [3.63, 3.8) is 0 Å². The molecular weight excluding hydrogens is 354 g/mol. The smallest absolute Gasteiger partial charge is 0.407 e. The van der Waals surface area contributed by atoms with E-state index in [1.165, 1.54) is 16.2 Å². The van der Waals surface area contributed by atoms with Gasteiger partial charge in [-0.2, -0.15) is 0 Å². The molecule has 0 aliphatic rings. The molecule has 0 aromatic carbocycles. The summed E-state index contributed by atoms with van der Waals surface area (Å²) in [5.41, 5.74) is 1.54. The summed E-state index contributed by atoms with van der Waals surface area (Å²) in [6, 6.07) is 7.40. The van der Waals surface area contributed by atoms with E-state index in [0.29, 0.717) is 35.9 Å². The molecule has 3 aromatic heterocycles. The molecule has 9 heteroatoms. The second-order valence-corrected chi connectivity index (χ2v) is 6.92. The van der Waals surface area contributed by atoms with Crippen LogP contribution in [-0.2, 0) is 0 Å². The Morgan fingerprint density at radius 2 is 2.12 bits per heavy atom. The number of carbonyl (C=O) groups excluding carboxylic acids is 1. The van der Waals surface area contributed by atoms with Crippen LogP contribution in [0.3, 0.4) is 0 Å². The van der Waals surface area contributed by atoms with Crippen LogP contribution in [0.5, 0.6) is 0 Å². The molecule has 0 bridgehead atoms. The molecule has 3 aromatic rings. The van der Waals surface area contributed by atoms with E-state index >= 15 is 0 Å². The molecule has 0 spiro atoms. The number of imidazole rings is 1. The predicted octanol–water partition coefficient (Wildman–Crippen LogP) is 3.07. The number of anilines is 1. The molecule has 0 saturated carbocycles. The van der Waals surface area contributed by atoms with E-state index in [1.807, 2.05) is 24.3 Å². The highest BCUT2D eigenvalue weighted by Crippen LogP contribution is 2.28. The van der Waals surface area contributed by atoms with E-state index in [4.69, 9.17) is 5.11 Å². The molecule has 0 aliphatic heterocycles. The second-order valence-electron chi connectivity index (χ2n) is 5.84. The lowest BCUT2D eigenvalue weighted by Gasteiger charge is -2.13. The number of fused-ring (bicyclic) bond motifs is 1. The van der Waals surface area contributed by atoms with Crippen LogP contribution in [-0.4, -0.2) is 56.6 Å². The number of thiophene rings is 1. The SMILES string of the molecule is CC(=O)c1ccc(-c2cnc3ccc(NCCCN(C)C(=O)O)nn23)s1. The summed E-state index contributed by atoms with van der Waals surface area (Å²) >= 11 is 1.41. The van der Waals surface area contributed by atoms with E-state index in [9.17, 15) is 9.59 Å². The van der Waals surface area contributed by atoms with E-state index < -0.39 is 6.09 Å². The van der Waals surface area contributed by atoms with Crippen molar-refractivity contribution in [2.24, 2.45) is 0 Å². The quantitative estimate of drug-likeness (QED) is 0.488. The Hall–Kier alpha value is -2.94. The van der Waals surface area contributed by atoms with Crippen molar-refractivity contribution in [2.45, 2.75) is 13.3 Å². The molecule has 136 valence electrons. The molecule has 3 heterocycles. The number of amides is 1. The van der Waals surface area contributed by atoms with Crippen molar-refractivity contribution in [3.8, 4) is 10.6 Å². The number of hydrogen-bond donors (Lipinski definition) is 2. The van der Waals surface area contributed by atoms with Gasteiger partial charge in [-0.25, -0.2) is 14.3 Å². The zero-order valence-electron chi connectivity index (χ0n) is 14.5. The predicted molar refractivity (Wildman–Crippen MR) is 100 cm³/mol. The number of carboxylic acid groups (broad SMARTS) is 1. The molecule has 1 amide bonds. The van der Waals surface area contributed by atoms with Crippen molar-refractivity contribution in [1.82, 2.24) is 19.5 Å². The average Bonchev–Trinajstić information content (AvgIpc) is 3.24. The van der Waals surface area contributed by atoms with Gasteiger partial charge in [0, 0.05) is 20.1 Å². The third kappa shape index (κ3) is 3.83. The standard InChI is InChI=1S/C17H19N5O3S/c1-11(23)13-4-5-14(26-13)12-10-19-16-7-6-15(20-22(12)16)18-8-3-9-21(2)17(24)25/h4-7,10H,3,8-9H2,1-2H3,(H,18,20)(H,24,25). The molecule has 0 unspecified atom stereocenters. The summed E-state index contributed by atoms with van der Waals surface area (Å²) in [4.78, 5) is 29.5. The van der Waals surface area contributed by atoms with Gasteiger partial charge >= 0.3 is 6.09 Å². The zero-order chi connectivity index (χ0) is 18.7. The van der Waals surface area contributed by atoms with Gasteiger partial charge in [0.05, 0.1) is 16.0 Å². The largest absolute Gasteiger partial charge is 0.465 e.